The summed E-state index contributed by atoms with van der Waals surface area (Å²) in [5.41, 5.74) is 0.661. The Morgan fingerprint density at radius 1 is 1.14 bits per heavy atom. The molecule has 0 radical (unpaired) electrons. The number of pyridine rings is 1. The average molecular weight is 540 g/mol. The molecule has 5 rings (SSSR count). The first kappa shape index (κ1) is 27.6. The molecule has 0 bridgehead atoms. The van der Waals surface area contributed by atoms with Gasteiger partial charge >= 0.3 is 0 Å². The van der Waals surface area contributed by atoms with Crippen molar-refractivity contribution in [3.05, 3.63) is 59.2 Å². The van der Waals surface area contributed by atoms with Gasteiger partial charge in [0.2, 0.25) is 11.9 Å². The van der Waals surface area contributed by atoms with Crippen LogP contribution in [0.5, 0.6) is 5.75 Å². The Morgan fingerprint density at radius 3 is 2.62 bits per heavy atom. The molecule has 202 valence electrons. The van der Waals surface area contributed by atoms with E-state index in [1.807, 2.05) is 4.90 Å². The molecule has 2 saturated heterocycles. The molecule has 2 aromatic rings. The zero-order valence-corrected chi connectivity index (χ0v) is 21.4. The number of halogens is 4. The number of piperazine rings is 1. The minimum absolute atomic E-state index is 0. The van der Waals surface area contributed by atoms with Crippen molar-refractivity contribution in [2.75, 3.05) is 45.8 Å². The monoisotopic (exact) mass is 539 g/mol. The quantitative estimate of drug-likeness (QED) is 0.503. The number of amides is 1. The van der Waals surface area contributed by atoms with Crippen molar-refractivity contribution in [3.63, 3.8) is 0 Å². The third-order valence-corrected chi connectivity index (χ3v) is 7.30. The molecule has 3 heterocycles. The maximum Gasteiger partial charge on any atom is 0.236 e. The molecule has 11 heteroatoms. The molecule has 7 nitrogen and oxygen atoms in total. The van der Waals surface area contributed by atoms with E-state index in [9.17, 15) is 18.0 Å². The molecule has 1 aromatic heterocycles. The highest BCUT2D eigenvalue weighted by molar-refractivity contribution is 5.85. The normalized spacial score (nSPS) is 22.4. The molecule has 3 fully saturated rings. The van der Waals surface area contributed by atoms with Gasteiger partial charge in [-0.15, -0.1) is 12.4 Å². The van der Waals surface area contributed by atoms with Crippen LogP contribution in [-0.4, -0.2) is 78.6 Å². The molecule has 2 atom stereocenters. The number of rotatable bonds is 8. The Bertz CT molecular complexity index is 1080. The zero-order valence-electron chi connectivity index (χ0n) is 20.6. The van der Waals surface area contributed by atoms with E-state index in [0.717, 1.165) is 51.5 Å². The summed E-state index contributed by atoms with van der Waals surface area (Å²) in [5, 5.41) is 6.90. The Labute approximate surface area is 221 Å². The lowest BCUT2D eigenvalue weighted by Crippen LogP contribution is -2.51. The van der Waals surface area contributed by atoms with Gasteiger partial charge in [-0.05, 0) is 37.5 Å². The van der Waals surface area contributed by atoms with E-state index in [4.69, 9.17) is 4.74 Å². The fourth-order valence-corrected chi connectivity index (χ4v) is 5.17. The topological polar surface area (TPSA) is 69.7 Å². The van der Waals surface area contributed by atoms with Crippen LogP contribution in [0.1, 0.15) is 36.3 Å². The molecular weight excluding hydrogens is 507 g/mol. The summed E-state index contributed by atoms with van der Waals surface area (Å²) in [7, 11) is 0. The van der Waals surface area contributed by atoms with Crippen molar-refractivity contribution < 1.29 is 22.7 Å². The van der Waals surface area contributed by atoms with Crippen LogP contribution >= 0.6 is 12.4 Å². The number of hydrogen-bond donors (Lipinski definition) is 2. The van der Waals surface area contributed by atoms with Gasteiger partial charge in [0, 0.05) is 80.7 Å². The minimum Gasteiger partial charge on any atom is -0.485 e. The molecule has 2 aliphatic heterocycles. The molecule has 2 N–H and O–H groups in total. The number of carbonyl (C=O) groups excluding carboxylic acids is 1. The van der Waals surface area contributed by atoms with E-state index in [0.29, 0.717) is 25.2 Å². The van der Waals surface area contributed by atoms with Gasteiger partial charge in [0.25, 0.3) is 0 Å². The predicted octanol–water partition coefficient (Wildman–Crippen LogP) is 2.84. The van der Waals surface area contributed by atoms with Gasteiger partial charge < -0.3 is 20.3 Å². The van der Waals surface area contributed by atoms with Crippen LogP contribution in [0.2, 0.25) is 0 Å². The van der Waals surface area contributed by atoms with Crippen LogP contribution in [0.25, 0.3) is 0 Å². The minimum atomic E-state index is -0.795. The third kappa shape index (κ3) is 6.93. The summed E-state index contributed by atoms with van der Waals surface area (Å²) < 4.78 is 48.2. The largest absolute Gasteiger partial charge is 0.485 e. The Kier molecular flexibility index (Phi) is 9.28. The SMILES string of the molecule is Cl.O=C(CN1CCNCC1)N1CCC(N[C@@H]2C[C@H]2c2cc(F)cc(F)c2OCc2cccnc2F)CC1. The first-order valence-corrected chi connectivity index (χ1v) is 12.7. The number of ether oxygens (including phenoxy) is 1. The van der Waals surface area contributed by atoms with Crippen molar-refractivity contribution in [2.24, 2.45) is 0 Å². The van der Waals surface area contributed by atoms with Crippen molar-refractivity contribution in [1.82, 2.24) is 25.4 Å². The number of hydrogen-bond acceptors (Lipinski definition) is 6. The first-order valence-electron chi connectivity index (χ1n) is 12.7. The summed E-state index contributed by atoms with van der Waals surface area (Å²) in [6, 6.07) is 5.52. The van der Waals surface area contributed by atoms with Gasteiger partial charge in [-0.25, -0.2) is 13.8 Å². The molecule has 1 saturated carbocycles. The Hall–Kier alpha value is -2.40. The second-order valence-electron chi connectivity index (χ2n) is 9.84. The number of carbonyl (C=O) groups is 1. The standard InChI is InChI=1S/C26H32F3N5O2.ClH/c27-18-12-21(25(22(28)13-18)36-16-17-2-1-5-31-26(17)29)20-14-23(20)32-19-3-8-34(9-4-19)24(35)15-33-10-6-30-7-11-33;/h1-2,5,12-13,19-20,23,30,32H,3-4,6-11,14-16H2;1H/t20-,23+;/m0./s1. The second kappa shape index (κ2) is 12.4. The fraction of sp³-hybridized carbons (Fsp3) is 0.538. The molecule has 3 aliphatic rings. The number of piperidine rings is 1. The van der Waals surface area contributed by atoms with Crippen molar-refractivity contribution in [2.45, 2.75) is 43.9 Å². The van der Waals surface area contributed by atoms with Crippen molar-refractivity contribution in [1.29, 1.82) is 0 Å². The van der Waals surface area contributed by atoms with Gasteiger partial charge in [-0.2, -0.15) is 4.39 Å². The molecule has 1 aromatic carbocycles. The number of nitrogens with one attached hydrogen (secondary N) is 2. The van der Waals surface area contributed by atoms with Crippen molar-refractivity contribution in [3.8, 4) is 5.75 Å². The van der Waals surface area contributed by atoms with E-state index in [1.165, 1.54) is 18.3 Å². The second-order valence-corrected chi connectivity index (χ2v) is 9.84. The van der Waals surface area contributed by atoms with Crippen LogP contribution in [0.15, 0.2) is 30.5 Å². The van der Waals surface area contributed by atoms with Crippen LogP contribution in [0.3, 0.4) is 0 Å². The summed E-state index contributed by atoms with van der Waals surface area (Å²) >= 11 is 0. The molecular formula is C26H33ClF3N5O2. The molecule has 1 amide bonds. The maximum atomic E-state index is 14.6. The van der Waals surface area contributed by atoms with E-state index in [-0.39, 0.29) is 54.2 Å². The highest BCUT2D eigenvalue weighted by Gasteiger charge is 2.42. The molecule has 0 unspecified atom stereocenters. The van der Waals surface area contributed by atoms with E-state index in [2.05, 4.69) is 20.5 Å². The van der Waals surface area contributed by atoms with E-state index < -0.39 is 17.6 Å². The van der Waals surface area contributed by atoms with Gasteiger partial charge in [0.1, 0.15) is 12.4 Å². The fourth-order valence-electron chi connectivity index (χ4n) is 5.17. The number of aromatic nitrogens is 1. The van der Waals surface area contributed by atoms with Crippen LogP contribution in [-0.2, 0) is 11.4 Å². The van der Waals surface area contributed by atoms with E-state index >= 15 is 0 Å². The van der Waals surface area contributed by atoms with Gasteiger partial charge in [0.15, 0.2) is 11.6 Å². The Morgan fingerprint density at radius 2 is 1.89 bits per heavy atom. The lowest BCUT2D eigenvalue weighted by molar-refractivity contribution is -0.133. The highest BCUT2D eigenvalue weighted by Crippen LogP contribution is 2.46. The number of benzene rings is 1. The summed E-state index contributed by atoms with van der Waals surface area (Å²) in [5.74, 6) is -2.08. The smallest absolute Gasteiger partial charge is 0.236 e. The average Bonchev–Trinajstić information content (AvgIpc) is 3.64. The lowest BCUT2D eigenvalue weighted by atomic mass is 10.0. The zero-order chi connectivity index (χ0) is 25.1. The molecule has 1 aliphatic carbocycles. The van der Waals surface area contributed by atoms with Gasteiger partial charge in [-0.3, -0.25) is 9.69 Å². The van der Waals surface area contributed by atoms with Crippen LogP contribution in [0, 0.1) is 17.6 Å². The highest BCUT2D eigenvalue weighted by atomic mass is 35.5. The van der Waals surface area contributed by atoms with Crippen molar-refractivity contribution >= 4 is 18.3 Å². The predicted molar refractivity (Wildman–Crippen MR) is 135 cm³/mol. The van der Waals surface area contributed by atoms with Gasteiger partial charge in [-0.1, -0.05) is 0 Å². The lowest BCUT2D eigenvalue weighted by Gasteiger charge is -2.35. The van der Waals surface area contributed by atoms with Gasteiger partial charge in [0.05, 0.1) is 6.54 Å². The summed E-state index contributed by atoms with van der Waals surface area (Å²) in [4.78, 5) is 20.4. The summed E-state index contributed by atoms with van der Waals surface area (Å²) in [6.45, 7) is 5.34. The van der Waals surface area contributed by atoms with Crippen LogP contribution < -0.4 is 15.4 Å². The van der Waals surface area contributed by atoms with Crippen LogP contribution in [0.4, 0.5) is 13.2 Å². The molecule has 37 heavy (non-hydrogen) atoms. The molecule has 0 spiro atoms. The third-order valence-electron chi connectivity index (χ3n) is 7.30. The van der Waals surface area contributed by atoms with E-state index in [1.54, 1.807) is 6.07 Å². The number of likely N-dealkylation sites (tertiary alicyclic amines) is 1. The first-order chi connectivity index (χ1) is 17.5. The number of nitrogens with zero attached hydrogens (tertiary/aromatic N) is 3. The summed E-state index contributed by atoms with van der Waals surface area (Å²) in [6.07, 6.45) is 3.76. The maximum absolute atomic E-state index is 14.6. The Balaban J connectivity index is 0.00000320.